The molecular weight excluding hydrogens is 270 g/mol. The van der Waals surface area contributed by atoms with Gasteiger partial charge in [0.25, 0.3) is 0 Å². The van der Waals surface area contributed by atoms with Crippen LogP contribution in [0.2, 0.25) is 5.02 Å². The zero-order valence-electron chi connectivity index (χ0n) is 12.7. The van der Waals surface area contributed by atoms with Gasteiger partial charge in [0.05, 0.1) is 0 Å². The molecule has 0 spiro atoms. The Hall–Kier alpha value is -0.860. The van der Waals surface area contributed by atoms with Crippen LogP contribution in [0.25, 0.3) is 0 Å². The summed E-state index contributed by atoms with van der Waals surface area (Å²) in [5.41, 5.74) is 1.45. The van der Waals surface area contributed by atoms with Crippen LogP contribution < -0.4 is 0 Å². The van der Waals surface area contributed by atoms with E-state index < -0.39 is 0 Å². The number of nitrogens with zero attached hydrogens (tertiary/aromatic N) is 1. The minimum absolute atomic E-state index is 0.00586. The van der Waals surface area contributed by atoms with Crippen molar-refractivity contribution in [2.45, 2.75) is 51.0 Å². The van der Waals surface area contributed by atoms with Gasteiger partial charge < -0.3 is 4.79 Å². The van der Waals surface area contributed by atoms with Gasteiger partial charge in [-0.3, -0.25) is 4.90 Å². The van der Waals surface area contributed by atoms with Crippen molar-refractivity contribution in [1.82, 2.24) is 4.90 Å². The van der Waals surface area contributed by atoms with Gasteiger partial charge in [-0.05, 0) is 64.4 Å². The van der Waals surface area contributed by atoms with E-state index in [0.29, 0.717) is 6.42 Å². The largest absolute Gasteiger partial charge is 0.303 e. The third kappa shape index (κ3) is 3.24. The van der Waals surface area contributed by atoms with Gasteiger partial charge in [0, 0.05) is 22.4 Å². The zero-order valence-corrected chi connectivity index (χ0v) is 13.4. The highest BCUT2D eigenvalue weighted by Crippen LogP contribution is 2.39. The van der Waals surface area contributed by atoms with Crippen LogP contribution in [0.1, 0.15) is 45.6 Å². The Morgan fingerprint density at radius 2 is 1.75 bits per heavy atom. The third-order valence-corrected chi connectivity index (χ3v) is 4.85. The topological polar surface area (TPSA) is 20.3 Å². The number of hydrogen-bond acceptors (Lipinski definition) is 2. The van der Waals surface area contributed by atoms with E-state index in [1.54, 1.807) is 0 Å². The fraction of sp³-hybridized carbons (Fsp3) is 0.588. The van der Waals surface area contributed by atoms with E-state index in [-0.39, 0.29) is 11.0 Å². The number of piperidine rings is 1. The number of benzene rings is 1. The van der Waals surface area contributed by atoms with Gasteiger partial charge >= 0.3 is 0 Å². The van der Waals surface area contributed by atoms with Gasteiger partial charge in [-0.25, -0.2) is 0 Å². The summed E-state index contributed by atoms with van der Waals surface area (Å²) in [6.45, 7) is 8.84. The van der Waals surface area contributed by atoms with Crippen LogP contribution >= 0.6 is 11.6 Å². The molecule has 1 aliphatic rings. The molecule has 1 aromatic carbocycles. The second-order valence-electron chi connectivity index (χ2n) is 6.82. The summed E-state index contributed by atoms with van der Waals surface area (Å²) >= 11 is 5.98. The number of rotatable bonds is 3. The Morgan fingerprint density at radius 3 is 2.20 bits per heavy atom. The Balaban J connectivity index is 2.21. The maximum atomic E-state index is 11.2. The second kappa shape index (κ2) is 5.87. The summed E-state index contributed by atoms with van der Waals surface area (Å²) in [7, 11) is 0. The van der Waals surface area contributed by atoms with Crippen LogP contribution in [0.5, 0.6) is 0 Å². The molecule has 0 bridgehead atoms. The quantitative estimate of drug-likeness (QED) is 0.783. The van der Waals surface area contributed by atoms with Crippen LogP contribution in [0, 0.1) is 0 Å². The van der Waals surface area contributed by atoms with Crippen LogP contribution in [-0.4, -0.2) is 29.8 Å². The third-order valence-electron chi connectivity index (χ3n) is 4.60. The van der Waals surface area contributed by atoms with Crippen LogP contribution in [0.15, 0.2) is 24.3 Å². The van der Waals surface area contributed by atoms with E-state index in [1.807, 2.05) is 12.1 Å². The Bertz CT molecular complexity index is 453. The molecule has 2 nitrogen and oxygen atoms in total. The van der Waals surface area contributed by atoms with Gasteiger partial charge in [-0.2, -0.15) is 0 Å². The van der Waals surface area contributed by atoms with Crippen LogP contribution in [0.3, 0.4) is 0 Å². The zero-order chi connectivity index (χ0) is 14.8. The summed E-state index contributed by atoms with van der Waals surface area (Å²) in [5.74, 6) is 0. The smallest absolute Gasteiger partial charge is 0.120 e. The maximum Gasteiger partial charge on any atom is 0.120 e. The molecule has 1 fully saturated rings. The minimum atomic E-state index is -0.00586. The molecule has 0 N–H and O–H groups in total. The molecule has 1 aliphatic heterocycles. The molecule has 1 aromatic rings. The number of carbonyl (C=O) groups excluding carboxylic acids is 1. The highest BCUT2D eigenvalue weighted by molar-refractivity contribution is 6.30. The first-order valence-electron chi connectivity index (χ1n) is 7.32. The number of halogens is 1. The van der Waals surface area contributed by atoms with E-state index in [0.717, 1.165) is 37.2 Å². The molecule has 0 unspecified atom stereocenters. The molecule has 0 radical (unpaired) electrons. The molecule has 1 saturated heterocycles. The van der Waals surface area contributed by atoms with E-state index >= 15 is 0 Å². The number of aldehydes is 1. The van der Waals surface area contributed by atoms with Gasteiger partial charge in [0.1, 0.15) is 6.29 Å². The van der Waals surface area contributed by atoms with Crippen molar-refractivity contribution in [2.24, 2.45) is 0 Å². The molecule has 110 valence electrons. The molecule has 0 aromatic heterocycles. The highest BCUT2D eigenvalue weighted by atomic mass is 35.5. The standard InChI is InChI=1S/C17H24ClNO/c1-16(2,3)19-11-8-17(9-12-19,10-13-20)14-4-6-15(18)7-5-14/h4-7,13H,8-12H2,1-3H3. The summed E-state index contributed by atoms with van der Waals surface area (Å²) in [4.78, 5) is 13.7. The average Bonchev–Trinajstić information content (AvgIpc) is 2.39. The lowest BCUT2D eigenvalue weighted by molar-refractivity contribution is -0.109. The summed E-state index contributed by atoms with van der Waals surface area (Å²) in [5, 5.41) is 0.752. The molecular formula is C17H24ClNO. The van der Waals surface area contributed by atoms with E-state index in [4.69, 9.17) is 11.6 Å². The number of hydrogen-bond donors (Lipinski definition) is 0. The van der Waals surface area contributed by atoms with Crippen molar-refractivity contribution in [2.75, 3.05) is 13.1 Å². The molecule has 0 atom stereocenters. The monoisotopic (exact) mass is 293 g/mol. The van der Waals surface area contributed by atoms with Crippen molar-refractivity contribution >= 4 is 17.9 Å². The van der Waals surface area contributed by atoms with Gasteiger partial charge in [0.15, 0.2) is 0 Å². The molecule has 1 heterocycles. The summed E-state index contributed by atoms with van der Waals surface area (Å²) in [6.07, 6.45) is 3.74. The van der Waals surface area contributed by atoms with Crippen molar-refractivity contribution in [1.29, 1.82) is 0 Å². The molecule has 0 aliphatic carbocycles. The molecule has 20 heavy (non-hydrogen) atoms. The van der Waals surface area contributed by atoms with Crippen molar-refractivity contribution in [3.63, 3.8) is 0 Å². The van der Waals surface area contributed by atoms with Crippen molar-refractivity contribution < 1.29 is 4.79 Å². The fourth-order valence-corrected chi connectivity index (χ4v) is 3.31. The lowest BCUT2D eigenvalue weighted by Crippen LogP contribution is -2.50. The Kier molecular flexibility index (Phi) is 4.55. The number of carbonyl (C=O) groups is 1. The van der Waals surface area contributed by atoms with E-state index in [9.17, 15) is 4.79 Å². The van der Waals surface area contributed by atoms with Crippen LogP contribution in [0.4, 0.5) is 0 Å². The first-order chi connectivity index (χ1) is 9.37. The highest BCUT2D eigenvalue weighted by Gasteiger charge is 2.38. The first kappa shape index (κ1) is 15.5. The SMILES string of the molecule is CC(C)(C)N1CCC(CC=O)(c2ccc(Cl)cc2)CC1. The minimum Gasteiger partial charge on any atom is -0.303 e. The average molecular weight is 294 g/mol. The van der Waals surface area contributed by atoms with E-state index in [2.05, 4.69) is 37.8 Å². The maximum absolute atomic E-state index is 11.2. The summed E-state index contributed by atoms with van der Waals surface area (Å²) < 4.78 is 0. The molecule has 0 saturated carbocycles. The number of likely N-dealkylation sites (tertiary alicyclic amines) is 1. The van der Waals surface area contributed by atoms with Gasteiger partial charge in [0.2, 0.25) is 0 Å². The van der Waals surface area contributed by atoms with E-state index in [1.165, 1.54) is 5.56 Å². The molecule has 3 heteroatoms. The molecule has 0 amide bonds. The lowest BCUT2D eigenvalue weighted by atomic mass is 9.70. The van der Waals surface area contributed by atoms with Crippen LogP contribution in [-0.2, 0) is 10.2 Å². The predicted molar refractivity (Wildman–Crippen MR) is 84.4 cm³/mol. The normalized spacial score (nSPS) is 19.8. The van der Waals surface area contributed by atoms with Gasteiger partial charge in [-0.1, -0.05) is 23.7 Å². The van der Waals surface area contributed by atoms with Gasteiger partial charge in [-0.15, -0.1) is 0 Å². The summed E-state index contributed by atoms with van der Waals surface area (Å²) in [6, 6.07) is 8.02. The second-order valence-corrected chi connectivity index (χ2v) is 7.25. The molecule has 2 rings (SSSR count). The first-order valence-corrected chi connectivity index (χ1v) is 7.70. The fourth-order valence-electron chi connectivity index (χ4n) is 3.18. The Morgan fingerprint density at radius 1 is 1.20 bits per heavy atom. The van der Waals surface area contributed by atoms with Crippen molar-refractivity contribution in [3.05, 3.63) is 34.9 Å². The predicted octanol–water partition coefficient (Wildman–Crippen LogP) is 4.06. The Labute approximate surface area is 127 Å². The lowest BCUT2D eigenvalue weighted by Gasteiger charge is -2.46. The van der Waals surface area contributed by atoms with Crippen molar-refractivity contribution in [3.8, 4) is 0 Å².